The highest BCUT2D eigenvalue weighted by atomic mass is 16.3. The summed E-state index contributed by atoms with van der Waals surface area (Å²) in [4.78, 5) is 32.0. The first-order valence-corrected chi connectivity index (χ1v) is 10.1. The molecule has 0 saturated carbocycles. The maximum Gasteiger partial charge on any atom is 0.290 e. The van der Waals surface area contributed by atoms with Crippen molar-refractivity contribution in [1.82, 2.24) is 14.7 Å². The quantitative estimate of drug-likeness (QED) is 0.817. The van der Waals surface area contributed by atoms with Crippen LogP contribution in [0.3, 0.4) is 0 Å². The summed E-state index contributed by atoms with van der Waals surface area (Å²) in [5.41, 5.74) is 1.30. The molecule has 3 heterocycles. The van der Waals surface area contributed by atoms with Gasteiger partial charge in [-0.25, -0.2) is 0 Å². The van der Waals surface area contributed by atoms with E-state index in [2.05, 4.69) is 29.2 Å². The highest BCUT2D eigenvalue weighted by Crippen LogP contribution is 2.22. The van der Waals surface area contributed by atoms with E-state index in [1.807, 2.05) is 11.0 Å². The molecule has 2 saturated heterocycles. The van der Waals surface area contributed by atoms with Crippen molar-refractivity contribution in [3.05, 3.63) is 60.1 Å². The van der Waals surface area contributed by atoms with Crippen LogP contribution in [0.1, 0.15) is 35.4 Å². The van der Waals surface area contributed by atoms with Gasteiger partial charge in [0.15, 0.2) is 5.76 Å². The van der Waals surface area contributed by atoms with Gasteiger partial charge >= 0.3 is 0 Å². The third-order valence-electron chi connectivity index (χ3n) is 5.71. The lowest BCUT2D eigenvalue weighted by Gasteiger charge is -2.40. The van der Waals surface area contributed by atoms with E-state index in [1.165, 1.54) is 11.8 Å². The normalized spacial score (nSPS) is 20.9. The van der Waals surface area contributed by atoms with Crippen LogP contribution >= 0.6 is 0 Å². The number of carbonyl (C=O) groups excluding carboxylic acids is 2. The molecule has 2 amide bonds. The molecule has 4 rings (SSSR count). The van der Waals surface area contributed by atoms with Crippen LogP contribution in [0.25, 0.3) is 0 Å². The van der Waals surface area contributed by atoms with Crippen LogP contribution in [-0.4, -0.2) is 65.3 Å². The molecule has 6 heteroatoms. The van der Waals surface area contributed by atoms with Crippen LogP contribution in [-0.2, 0) is 11.3 Å². The third kappa shape index (κ3) is 4.12. The van der Waals surface area contributed by atoms with E-state index in [-0.39, 0.29) is 17.9 Å². The van der Waals surface area contributed by atoms with Gasteiger partial charge in [0.25, 0.3) is 5.91 Å². The second-order valence-electron chi connectivity index (χ2n) is 7.57. The predicted molar refractivity (Wildman–Crippen MR) is 106 cm³/mol. The first-order valence-electron chi connectivity index (χ1n) is 10.1. The summed E-state index contributed by atoms with van der Waals surface area (Å²) in [6, 6.07) is 13.4. The van der Waals surface area contributed by atoms with E-state index in [4.69, 9.17) is 4.42 Å². The molecule has 28 heavy (non-hydrogen) atoms. The van der Waals surface area contributed by atoms with Gasteiger partial charge in [-0.3, -0.25) is 14.5 Å². The number of likely N-dealkylation sites (tertiary alicyclic amines) is 1. The fourth-order valence-corrected chi connectivity index (χ4v) is 4.15. The number of benzene rings is 1. The molecule has 2 aliphatic heterocycles. The third-order valence-corrected chi connectivity index (χ3v) is 5.71. The number of hydrogen-bond donors (Lipinski definition) is 0. The zero-order valence-electron chi connectivity index (χ0n) is 16.1. The number of nitrogens with zero attached hydrogens (tertiary/aromatic N) is 3. The maximum absolute atomic E-state index is 13.2. The number of amides is 2. The van der Waals surface area contributed by atoms with E-state index >= 15 is 0 Å². The summed E-state index contributed by atoms with van der Waals surface area (Å²) < 4.78 is 5.27. The van der Waals surface area contributed by atoms with Gasteiger partial charge in [0.2, 0.25) is 5.91 Å². The number of furan rings is 1. The van der Waals surface area contributed by atoms with Gasteiger partial charge in [-0.15, -0.1) is 0 Å². The molecule has 0 aliphatic carbocycles. The molecule has 2 aliphatic rings. The SMILES string of the molecule is O=C(C1CCCCN1C(=O)c1ccco1)N1CCN(Cc2ccccc2)CC1. The first-order chi connectivity index (χ1) is 13.7. The van der Waals surface area contributed by atoms with Crippen molar-refractivity contribution in [3.63, 3.8) is 0 Å². The molecule has 0 spiro atoms. The molecule has 1 atom stereocenters. The van der Waals surface area contributed by atoms with E-state index in [0.29, 0.717) is 25.4 Å². The summed E-state index contributed by atoms with van der Waals surface area (Å²) in [6.07, 6.45) is 4.14. The minimum atomic E-state index is -0.368. The Labute approximate surface area is 165 Å². The van der Waals surface area contributed by atoms with E-state index in [0.717, 1.165) is 38.9 Å². The maximum atomic E-state index is 13.2. The van der Waals surface area contributed by atoms with Gasteiger partial charge < -0.3 is 14.2 Å². The standard InChI is InChI=1S/C22H27N3O3/c26-21(19-9-4-5-11-25(19)22(27)20-10-6-16-28-20)24-14-12-23(13-15-24)17-18-7-2-1-3-8-18/h1-3,6-8,10,16,19H,4-5,9,11-15,17H2. The smallest absolute Gasteiger partial charge is 0.290 e. The Bertz CT molecular complexity index is 783. The summed E-state index contributed by atoms with van der Waals surface area (Å²) in [6.45, 7) is 4.67. The largest absolute Gasteiger partial charge is 0.459 e. The lowest BCUT2D eigenvalue weighted by Crippen LogP contribution is -2.57. The van der Waals surface area contributed by atoms with Crippen molar-refractivity contribution >= 4 is 11.8 Å². The highest BCUT2D eigenvalue weighted by molar-refractivity contribution is 5.95. The van der Waals surface area contributed by atoms with Crippen molar-refractivity contribution in [3.8, 4) is 0 Å². The summed E-state index contributed by atoms with van der Waals surface area (Å²) in [5, 5.41) is 0. The fraction of sp³-hybridized carbons (Fsp3) is 0.455. The number of hydrogen-bond acceptors (Lipinski definition) is 4. The average molecular weight is 381 g/mol. The predicted octanol–water partition coefficient (Wildman–Crippen LogP) is 2.62. The molecule has 0 bridgehead atoms. The first kappa shape index (κ1) is 18.7. The molecule has 1 aromatic carbocycles. The highest BCUT2D eigenvalue weighted by Gasteiger charge is 2.36. The zero-order valence-corrected chi connectivity index (χ0v) is 16.1. The molecule has 0 N–H and O–H groups in total. The second kappa shape index (κ2) is 8.61. The number of carbonyl (C=O) groups is 2. The Morgan fingerprint density at radius 1 is 0.929 bits per heavy atom. The van der Waals surface area contributed by atoms with Crippen LogP contribution in [0.2, 0.25) is 0 Å². The lowest BCUT2D eigenvalue weighted by atomic mass is 10.00. The van der Waals surface area contributed by atoms with Gasteiger partial charge in [-0.1, -0.05) is 30.3 Å². The molecule has 1 unspecified atom stereocenters. The van der Waals surface area contributed by atoms with Crippen LogP contribution in [0.4, 0.5) is 0 Å². The number of piperidine rings is 1. The minimum Gasteiger partial charge on any atom is -0.459 e. The Balaban J connectivity index is 1.36. The number of rotatable bonds is 4. The Morgan fingerprint density at radius 2 is 1.71 bits per heavy atom. The Hall–Kier alpha value is -2.60. The minimum absolute atomic E-state index is 0.0824. The summed E-state index contributed by atoms with van der Waals surface area (Å²) >= 11 is 0. The lowest BCUT2D eigenvalue weighted by molar-refractivity contribution is -0.139. The average Bonchev–Trinajstić information content (AvgIpc) is 3.29. The zero-order chi connectivity index (χ0) is 19.3. The van der Waals surface area contributed by atoms with Crippen molar-refractivity contribution < 1.29 is 14.0 Å². The van der Waals surface area contributed by atoms with Crippen LogP contribution in [0, 0.1) is 0 Å². The van der Waals surface area contributed by atoms with Crippen LogP contribution in [0.15, 0.2) is 53.1 Å². The van der Waals surface area contributed by atoms with Crippen molar-refractivity contribution in [2.24, 2.45) is 0 Å². The molecular weight excluding hydrogens is 354 g/mol. The van der Waals surface area contributed by atoms with E-state index in [1.54, 1.807) is 17.0 Å². The summed E-state index contributed by atoms with van der Waals surface area (Å²) in [5.74, 6) is 0.220. The second-order valence-corrected chi connectivity index (χ2v) is 7.57. The van der Waals surface area contributed by atoms with Gasteiger partial charge in [0.1, 0.15) is 6.04 Å². The Morgan fingerprint density at radius 3 is 2.43 bits per heavy atom. The van der Waals surface area contributed by atoms with Crippen molar-refractivity contribution in [1.29, 1.82) is 0 Å². The van der Waals surface area contributed by atoms with Gasteiger partial charge in [-0.2, -0.15) is 0 Å². The Kier molecular flexibility index (Phi) is 5.76. The van der Waals surface area contributed by atoms with Gasteiger partial charge in [0, 0.05) is 39.3 Å². The molecule has 1 aromatic heterocycles. The number of piperazine rings is 1. The molecular formula is C22H27N3O3. The molecule has 148 valence electrons. The van der Waals surface area contributed by atoms with Crippen LogP contribution in [0.5, 0.6) is 0 Å². The van der Waals surface area contributed by atoms with Gasteiger partial charge in [0.05, 0.1) is 6.26 Å². The molecule has 2 fully saturated rings. The van der Waals surface area contributed by atoms with Crippen molar-refractivity contribution in [2.45, 2.75) is 31.8 Å². The fourth-order valence-electron chi connectivity index (χ4n) is 4.15. The van der Waals surface area contributed by atoms with E-state index in [9.17, 15) is 9.59 Å². The monoisotopic (exact) mass is 381 g/mol. The van der Waals surface area contributed by atoms with E-state index < -0.39 is 0 Å². The van der Waals surface area contributed by atoms with Crippen LogP contribution < -0.4 is 0 Å². The van der Waals surface area contributed by atoms with Crippen molar-refractivity contribution in [2.75, 3.05) is 32.7 Å². The molecule has 2 aromatic rings. The molecule has 0 radical (unpaired) electrons. The van der Waals surface area contributed by atoms with Gasteiger partial charge in [-0.05, 0) is 37.0 Å². The molecule has 6 nitrogen and oxygen atoms in total. The topological polar surface area (TPSA) is 57.0 Å². The summed E-state index contributed by atoms with van der Waals surface area (Å²) in [7, 11) is 0.